The highest BCUT2D eigenvalue weighted by Gasteiger charge is 2.06. The average molecular weight is 430 g/mol. The molecule has 1 N–H and O–H groups in total. The first-order valence-corrected chi connectivity index (χ1v) is 10.9. The molecule has 0 saturated carbocycles. The number of nitrogens with zero attached hydrogens (tertiary/aromatic N) is 2. The quantitative estimate of drug-likeness (QED) is 0.380. The fourth-order valence-corrected chi connectivity index (χ4v) is 3.36. The number of benzene rings is 2. The van der Waals surface area contributed by atoms with Crippen molar-refractivity contribution in [2.45, 2.75) is 20.0 Å². The average Bonchev–Trinajstić information content (AvgIpc) is 2.83. The van der Waals surface area contributed by atoms with Crippen LogP contribution in [0.15, 0.2) is 83.8 Å². The summed E-state index contributed by atoms with van der Waals surface area (Å²) in [6.45, 7) is 4.90. The Labute approximate surface area is 187 Å². The van der Waals surface area contributed by atoms with Crippen LogP contribution in [0.1, 0.15) is 18.9 Å². The van der Waals surface area contributed by atoms with Crippen molar-refractivity contribution >= 4 is 10.9 Å². The maximum Gasteiger partial charge on any atom is 0.258 e. The van der Waals surface area contributed by atoms with Crippen molar-refractivity contribution in [1.29, 1.82) is 0 Å². The smallest absolute Gasteiger partial charge is 0.258 e. The Kier molecular flexibility index (Phi) is 7.15. The van der Waals surface area contributed by atoms with Crippen molar-refractivity contribution in [3.8, 4) is 17.3 Å². The van der Waals surface area contributed by atoms with E-state index in [1.54, 1.807) is 16.8 Å². The number of hydrogen-bond acceptors (Lipinski definition) is 5. The first-order chi connectivity index (χ1) is 15.7. The van der Waals surface area contributed by atoms with Crippen LogP contribution in [0.5, 0.6) is 11.6 Å². The fraction of sp³-hybridized carbons (Fsp3) is 0.231. The van der Waals surface area contributed by atoms with E-state index in [2.05, 4.69) is 17.2 Å². The maximum atomic E-state index is 12.7. The summed E-state index contributed by atoms with van der Waals surface area (Å²) in [5.41, 5.74) is 2.50. The maximum absolute atomic E-state index is 12.7. The lowest BCUT2D eigenvalue weighted by atomic mass is 10.2. The van der Waals surface area contributed by atoms with Crippen LogP contribution < -0.4 is 20.3 Å². The van der Waals surface area contributed by atoms with E-state index in [0.29, 0.717) is 24.8 Å². The Morgan fingerprint density at radius 3 is 2.62 bits per heavy atom. The van der Waals surface area contributed by atoms with Gasteiger partial charge in [0.15, 0.2) is 0 Å². The van der Waals surface area contributed by atoms with E-state index in [-0.39, 0.29) is 5.56 Å². The molecule has 0 aliphatic heterocycles. The first kappa shape index (κ1) is 21.6. The van der Waals surface area contributed by atoms with Gasteiger partial charge in [0.25, 0.3) is 5.56 Å². The third-order valence-corrected chi connectivity index (χ3v) is 5.02. The predicted octanol–water partition coefficient (Wildman–Crippen LogP) is 4.34. The molecule has 164 valence electrons. The zero-order chi connectivity index (χ0) is 22.2. The number of ether oxygens (including phenoxy) is 2. The van der Waals surface area contributed by atoms with Gasteiger partial charge in [-0.1, -0.05) is 37.3 Å². The summed E-state index contributed by atoms with van der Waals surface area (Å²) in [4.78, 5) is 17.2. The molecular formula is C26H27N3O3. The minimum atomic E-state index is -0.151. The highest BCUT2D eigenvalue weighted by Crippen LogP contribution is 2.20. The highest BCUT2D eigenvalue weighted by atomic mass is 16.5. The van der Waals surface area contributed by atoms with Gasteiger partial charge in [-0.25, -0.2) is 4.98 Å². The molecule has 2 aromatic carbocycles. The van der Waals surface area contributed by atoms with Crippen LogP contribution in [0.4, 0.5) is 0 Å². The van der Waals surface area contributed by atoms with Gasteiger partial charge >= 0.3 is 0 Å². The molecule has 0 unspecified atom stereocenters. The SMILES string of the molecule is CCCNCCOc1ccc2cc(-n3ccc(OCc4ccccc4)cc3=O)ccc2n1. The molecule has 2 heterocycles. The summed E-state index contributed by atoms with van der Waals surface area (Å²) in [5, 5.41) is 4.24. The normalized spacial score (nSPS) is 10.9. The number of pyridine rings is 2. The topological polar surface area (TPSA) is 65.4 Å². The van der Waals surface area contributed by atoms with Gasteiger partial charge in [0.1, 0.15) is 19.0 Å². The number of nitrogens with one attached hydrogen (secondary N) is 1. The zero-order valence-corrected chi connectivity index (χ0v) is 18.2. The summed E-state index contributed by atoms with van der Waals surface area (Å²) < 4.78 is 13.1. The van der Waals surface area contributed by atoms with Gasteiger partial charge in [0.05, 0.1) is 5.52 Å². The predicted molar refractivity (Wildman–Crippen MR) is 127 cm³/mol. The Balaban J connectivity index is 1.44. The lowest BCUT2D eigenvalue weighted by Gasteiger charge is -2.10. The van der Waals surface area contributed by atoms with Crippen molar-refractivity contribution in [2.24, 2.45) is 0 Å². The van der Waals surface area contributed by atoms with Gasteiger partial charge in [-0.05, 0) is 48.9 Å². The van der Waals surface area contributed by atoms with E-state index in [4.69, 9.17) is 9.47 Å². The second-order valence-corrected chi connectivity index (χ2v) is 7.47. The monoisotopic (exact) mass is 429 g/mol. The molecular weight excluding hydrogens is 402 g/mol. The molecule has 0 saturated heterocycles. The Morgan fingerprint density at radius 2 is 1.81 bits per heavy atom. The van der Waals surface area contributed by atoms with Crippen molar-refractivity contribution in [3.63, 3.8) is 0 Å². The van der Waals surface area contributed by atoms with Gasteiger partial charge in [0.2, 0.25) is 5.88 Å². The van der Waals surface area contributed by atoms with Crippen LogP contribution in [-0.4, -0.2) is 29.2 Å². The molecule has 2 aromatic heterocycles. The Morgan fingerprint density at radius 1 is 0.938 bits per heavy atom. The van der Waals surface area contributed by atoms with Gasteiger partial charge < -0.3 is 14.8 Å². The molecule has 6 nitrogen and oxygen atoms in total. The molecule has 6 heteroatoms. The minimum absolute atomic E-state index is 0.151. The fourth-order valence-electron chi connectivity index (χ4n) is 3.36. The van der Waals surface area contributed by atoms with Crippen molar-refractivity contribution < 1.29 is 9.47 Å². The summed E-state index contributed by atoms with van der Waals surface area (Å²) in [5.74, 6) is 1.15. The molecule has 0 fully saturated rings. The minimum Gasteiger partial charge on any atom is -0.489 e. The number of fused-ring (bicyclic) bond motifs is 1. The molecule has 0 radical (unpaired) electrons. The van der Waals surface area contributed by atoms with Crippen LogP contribution in [0.2, 0.25) is 0 Å². The van der Waals surface area contributed by atoms with Crippen LogP contribution >= 0.6 is 0 Å². The Hall–Kier alpha value is -3.64. The highest BCUT2D eigenvalue weighted by molar-refractivity contribution is 5.81. The third kappa shape index (κ3) is 5.53. The summed E-state index contributed by atoms with van der Waals surface area (Å²) in [6, 6.07) is 22.7. The number of hydrogen-bond donors (Lipinski definition) is 1. The molecule has 0 spiro atoms. The van der Waals surface area contributed by atoms with Crippen LogP contribution in [0.25, 0.3) is 16.6 Å². The lowest BCUT2D eigenvalue weighted by Crippen LogP contribution is -2.21. The largest absolute Gasteiger partial charge is 0.489 e. The van der Waals surface area contributed by atoms with E-state index in [0.717, 1.165) is 41.7 Å². The van der Waals surface area contributed by atoms with E-state index < -0.39 is 0 Å². The number of rotatable bonds is 10. The summed E-state index contributed by atoms with van der Waals surface area (Å²) in [6.07, 6.45) is 2.83. The van der Waals surface area contributed by atoms with Crippen molar-refractivity contribution in [1.82, 2.24) is 14.9 Å². The second kappa shape index (κ2) is 10.6. The molecule has 0 bridgehead atoms. The van der Waals surface area contributed by atoms with Crippen LogP contribution in [-0.2, 0) is 6.61 Å². The van der Waals surface area contributed by atoms with Gasteiger partial charge in [-0.2, -0.15) is 0 Å². The molecule has 0 amide bonds. The third-order valence-electron chi connectivity index (χ3n) is 5.02. The standard InChI is InChI=1S/C26H27N3O3/c1-2-13-27-14-16-31-25-11-8-21-17-22(9-10-24(21)28-25)29-15-12-23(18-26(29)30)32-19-20-6-4-3-5-7-20/h3-12,15,17-18,27H,2,13-14,16,19H2,1H3. The van der Waals surface area contributed by atoms with Crippen molar-refractivity contribution in [2.75, 3.05) is 19.7 Å². The molecule has 0 aliphatic rings. The van der Waals surface area contributed by atoms with E-state index in [1.165, 1.54) is 6.07 Å². The van der Waals surface area contributed by atoms with Crippen LogP contribution in [0, 0.1) is 0 Å². The van der Waals surface area contributed by atoms with Crippen LogP contribution in [0.3, 0.4) is 0 Å². The van der Waals surface area contributed by atoms with Gasteiger partial charge in [-0.3, -0.25) is 9.36 Å². The van der Waals surface area contributed by atoms with E-state index >= 15 is 0 Å². The second-order valence-electron chi connectivity index (χ2n) is 7.47. The summed E-state index contributed by atoms with van der Waals surface area (Å²) in [7, 11) is 0. The molecule has 32 heavy (non-hydrogen) atoms. The van der Waals surface area contributed by atoms with Crippen molar-refractivity contribution in [3.05, 3.63) is 94.9 Å². The zero-order valence-electron chi connectivity index (χ0n) is 18.2. The molecule has 0 atom stereocenters. The summed E-state index contributed by atoms with van der Waals surface area (Å²) >= 11 is 0. The lowest BCUT2D eigenvalue weighted by molar-refractivity contribution is 0.304. The Bertz CT molecular complexity index is 1220. The molecule has 4 rings (SSSR count). The molecule has 0 aliphatic carbocycles. The van der Waals surface area contributed by atoms with Gasteiger partial charge in [0, 0.05) is 35.9 Å². The van der Waals surface area contributed by atoms with Gasteiger partial charge in [-0.15, -0.1) is 0 Å². The first-order valence-electron chi connectivity index (χ1n) is 10.9. The van der Waals surface area contributed by atoms with E-state index in [1.807, 2.05) is 60.7 Å². The van der Waals surface area contributed by atoms with E-state index in [9.17, 15) is 4.79 Å². The number of aromatic nitrogens is 2. The molecule has 4 aromatic rings.